The van der Waals surface area contributed by atoms with Crippen molar-refractivity contribution in [1.82, 2.24) is 20.2 Å². The van der Waals surface area contributed by atoms with Gasteiger partial charge in [0, 0.05) is 44.5 Å². The molecule has 1 aromatic heterocycles. The van der Waals surface area contributed by atoms with E-state index >= 15 is 0 Å². The van der Waals surface area contributed by atoms with Crippen molar-refractivity contribution in [3.05, 3.63) is 11.8 Å². The van der Waals surface area contributed by atoms with Gasteiger partial charge in [-0.2, -0.15) is 4.98 Å². The van der Waals surface area contributed by atoms with Gasteiger partial charge in [0.15, 0.2) is 0 Å². The maximum atomic E-state index is 13.0. The Labute approximate surface area is 180 Å². The molecule has 3 heterocycles. The summed E-state index contributed by atoms with van der Waals surface area (Å²) in [5, 5.41) is 19.8. The largest absolute Gasteiger partial charge is 0.393 e. The van der Waals surface area contributed by atoms with Crippen LogP contribution < -0.4 is 16.0 Å². The lowest BCUT2D eigenvalue weighted by Crippen LogP contribution is -2.46. The molecular weight excluding hydrogens is 380 g/mol. The second-order valence-electron chi connectivity index (χ2n) is 8.83. The van der Waals surface area contributed by atoms with Gasteiger partial charge < -0.3 is 26.0 Å². The van der Waals surface area contributed by atoms with E-state index < -0.39 is 0 Å². The Morgan fingerprint density at radius 2 is 1.83 bits per heavy atom. The number of nitrogens with zero attached hydrogens (tertiary/aromatic N) is 3. The Morgan fingerprint density at radius 1 is 1.10 bits per heavy atom. The summed E-state index contributed by atoms with van der Waals surface area (Å²) in [5.41, 5.74) is 0.486. The number of aliphatic hydroxyl groups excluding tert-OH is 1. The van der Waals surface area contributed by atoms with Gasteiger partial charge in [-0.25, -0.2) is 4.98 Å². The van der Waals surface area contributed by atoms with E-state index in [-0.39, 0.29) is 18.1 Å². The molecule has 1 saturated heterocycles. The molecular formula is C22H38N6O2. The molecule has 0 radical (unpaired) electrons. The van der Waals surface area contributed by atoms with Gasteiger partial charge in [0.25, 0.3) is 5.91 Å². The monoisotopic (exact) mass is 418 g/mol. The van der Waals surface area contributed by atoms with Crippen LogP contribution in [0, 0.1) is 0 Å². The second-order valence-corrected chi connectivity index (χ2v) is 8.83. The van der Waals surface area contributed by atoms with Gasteiger partial charge in [0.2, 0.25) is 5.95 Å². The maximum absolute atomic E-state index is 13.0. The first-order chi connectivity index (χ1) is 14.5. The van der Waals surface area contributed by atoms with Crippen LogP contribution in [0.3, 0.4) is 0 Å². The number of fused-ring (bicyclic) bond motifs is 2. The Kier molecular flexibility index (Phi) is 8.69. The van der Waals surface area contributed by atoms with E-state index in [0.717, 1.165) is 71.0 Å². The van der Waals surface area contributed by atoms with Crippen molar-refractivity contribution >= 4 is 17.7 Å². The summed E-state index contributed by atoms with van der Waals surface area (Å²) < 4.78 is 0. The Balaban J connectivity index is 1.64. The summed E-state index contributed by atoms with van der Waals surface area (Å²) in [6.45, 7) is 7.90. The number of hydrogen-bond acceptors (Lipinski definition) is 7. The van der Waals surface area contributed by atoms with E-state index in [4.69, 9.17) is 0 Å². The molecule has 168 valence electrons. The number of carbonyl (C=O) groups excluding carboxylic acids is 1. The fourth-order valence-electron chi connectivity index (χ4n) is 4.16. The summed E-state index contributed by atoms with van der Waals surface area (Å²) in [5.74, 6) is 1.00. The molecule has 0 spiro atoms. The molecule has 3 rings (SSSR count). The van der Waals surface area contributed by atoms with Crippen LogP contribution in [0.5, 0.6) is 0 Å². The first kappa shape index (κ1) is 22.7. The topological polar surface area (TPSA) is 102 Å². The first-order valence-corrected chi connectivity index (χ1v) is 11.6. The first-order valence-electron chi connectivity index (χ1n) is 11.6. The van der Waals surface area contributed by atoms with Crippen LogP contribution in [0.2, 0.25) is 0 Å². The quantitative estimate of drug-likeness (QED) is 0.598. The molecule has 1 atom stereocenters. The van der Waals surface area contributed by atoms with Crippen molar-refractivity contribution < 1.29 is 9.90 Å². The Hall–Kier alpha value is -1.93. The van der Waals surface area contributed by atoms with Gasteiger partial charge in [0.1, 0.15) is 11.4 Å². The number of piperidine rings is 1. The number of anilines is 2. The number of likely N-dealkylation sites (tertiary alicyclic amines) is 1. The molecule has 0 aliphatic carbocycles. The SMILES string of the molecule is CC(C)N1CCC(NC(=O)c2cnc3nc2NCCCC(O)CCCCCN3)CC1. The van der Waals surface area contributed by atoms with E-state index in [9.17, 15) is 9.90 Å². The predicted octanol–water partition coefficient (Wildman–Crippen LogP) is 2.62. The third-order valence-electron chi connectivity index (χ3n) is 6.13. The van der Waals surface area contributed by atoms with E-state index in [1.165, 1.54) is 0 Å². The Morgan fingerprint density at radius 3 is 2.60 bits per heavy atom. The minimum atomic E-state index is -0.247. The van der Waals surface area contributed by atoms with E-state index in [0.29, 0.717) is 29.9 Å². The van der Waals surface area contributed by atoms with Crippen LogP contribution in [0.25, 0.3) is 0 Å². The highest BCUT2D eigenvalue weighted by atomic mass is 16.3. The standard InChI is InChI=1S/C22H38N6O2/c1-16(2)28-13-9-17(10-14-28)26-21(30)19-15-25-22-24-11-5-3-4-7-18(29)8-6-12-23-20(19)27-22/h15-18,29H,3-14H2,1-2H3,(H,26,30)(H2,23,24,25,27). The van der Waals surface area contributed by atoms with Crippen molar-refractivity contribution in [3.63, 3.8) is 0 Å². The van der Waals surface area contributed by atoms with Crippen molar-refractivity contribution in [2.75, 3.05) is 36.8 Å². The van der Waals surface area contributed by atoms with Crippen LogP contribution in [-0.2, 0) is 0 Å². The molecule has 1 aromatic rings. The molecule has 0 aromatic carbocycles. The minimum absolute atomic E-state index is 0.117. The molecule has 2 bridgehead atoms. The van der Waals surface area contributed by atoms with E-state index in [1.54, 1.807) is 6.20 Å². The average molecular weight is 419 g/mol. The van der Waals surface area contributed by atoms with E-state index in [2.05, 4.69) is 44.7 Å². The van der Waals surface area contributed by atoms with Crippen LogP contribution in [0.1, 0.15) is 75.6 Å². The van der Waals surface area contributed by atoms with Crippen LogP contribution in [0.15, 0.2) is 6.20 Å². The van der Waals surface area contributed by atoms with Crippen molar-refractivity contribution in [2.24, 2.45) is 0 Å². The number of carbonyl (C=O) groups is 1. The van der Waals surface area contributed by atoms with E-state index in [1.807, 2.05) is 0 Å². The fourth-order valence-corrected chi connectivity index (χ4v) is 4.16. The summed E-state index contributed by atoms with van der Waals surface area (Å²) in [7, 11) is 0. The lowest BCUT2D eigenvalue weighted by atomic mass is 10.0. The zero-order chi connectivity index (χ0) is 21.3. The normalized spacial score (nSPS) is 22.6. The number of hydrogen-bond donors (Lipinski definition) is 4. The average Bonchev–Trinajstić information content (AvgIpc) is 2.73. The summed E-state index contributed by atoms with van der Waals surface area (Å²) >= 11 is 0. The van der Waals surface area contributed by atoms with Gasteiger partial charge in [-0.3, -0.25) is 4.79 Å². The van der Waals surface area contributed by atoms with Gasteiger partial charge in [-0.15, -0.1) is 0 Å². The zero-order valence-corrected chi connectivity index (χ0v) is 18.5. The molecule has 2 aliphatic heterocycles. The summed E-state index contributed by atoms with van der Waals surface area (Å²) in [4.78, 5) is 24.3. The maximum Gasteiger partial charge on any atom is 0.256 e. The summed E-state index contributed by atoms with van der Waals surface area (Å²) in [6, 6.07) is 0.732. The number of aliphatic hydroxyl groups is 1. The summed E-state index contributed by atoms with van der Waals surface area (Å²) in [6.07, 6.45) is 8.88. The molecule has 1 fully saturated rings. The molecule has 30 heavy (non-hydrogen) atoms. The smallest absolute Gasteiger partial charge is 0.256 e. The molecule has 8 nitrogen and oxygen atoms in total. The van der Waals surface area contributed by atoms with Crippen LogP contribution >= 0.6 is 0 Å². The third-order valence-corrected chi connectivity index (χ3v) is 6.13. The number of aromatic nitrogens is 2. The van der Waals surface area contributed by atoms with Gasteiger partial charge >= 0.3 is 0 Å². The lowest BCUT2D eigenvalue weighted by Gasteiger charge is -2.34. The number of rotatable bonds is 3. The van der Waals surface area contributed by atoms with Crippen LogP contribution in [-0.4, -0.2) is 70.2 Å². The highest BCUT2D eigenvalue weighted by Crippen LogP contribution is 2.18. The minimum Gasteiger partial charge on any atom is -0.393 e. The predicted molar refractivity (Wildman–Crippen MR) is 120 cm³/mol. The number of amides is 1. The van der Waals surface area contributed by atoms with Gasteiger partial charge in [0.05, 0.1) is 6.10 Å². The fraction of sp³-hybridized carbons (Fsp3) is 0.773. The third kappa shape index (κ3) is 6.80. The number of nitrogens with one attached hydrogen (secondary N) is 3. The molecule has 1 amide bonds. The zero-order valence-electron chi connectivity index (χ0n) is 18.5. The van der Waals surface area contributed by atoms with Crippen molar-refractivity contribution in [2.45, 2.75) is 83.4 Å². The Bertz CT molecular complexity index is 676. The van der Waals surface area contributed by atoms with Gasteiger partial charge in [-0.1, -0.05) is 12.8 Å². The molecule has 2 aliphatic rings. The molecule has 8 heteroatoms. The van der Waals surface area contributed by atoms with Gasteiger partial charge in [-0.05, 0) is 52.4 Å². The highest BCUT2D eigenvalue weighted by Gasteiger charge is 2.24. The van der Waals surface area contributed by atoms with Crippen LogP contribution in [0.4, 0.5) is 11.8 Å². The molecule has 4 N–H and O–H groups in total. The van der Waals surface area contributed by atoms with Crippen molar-refractivity contribution in [1.29, 1.82) is 0 Å². The molecule has 0 saturated carbocycles. The highest BCUT2D eigenvalue weighted by molar-refractivity contribution is 5.98. The lowest BCUT2D eigenvalue weighted by molar-refractivity contribution is 0.0900. The second kappa shape index (κ2) is 11.5. The van der Waals surface area contributed by atoms with Crippen molar-refractivity contribution in [3.8, 4) is 0 Å². The molecule has 1 unspecified atom stereocenters.